The number of hydrogen-bond donors (Lipinski definition) is 1. The van der Waals surface area contributed by atoms with E-state index in [1.165, 1.54) is 0 Å². The number of ether oxygens (including phenoxy) is 1. The van der Waals surface area contributed by atoms with Gasteiger partial charge in [0.2, 0.25) is 0 Å². The molecule has 0 saturated carbocycles. The van der Waals surface area contributed by atoms with E-state index in [-0.39, 0.29) is 18.3 Å². The summed E-state index contributed by atoms with van der Waals surface area (Å²) in [5.74, 6) is 1.47. The van der Waals surface area contributed by atoms with Crippen LogP contribution in [0.15, 0.2) is 40.9 Å². The Bertz CT molecular complexity index is 904. The van der Waals surface area contributed by atoms with Crippen LogP contribution in [0.25, 0.3) is 0 Å². The van der Waals surface area contributed by atoms with Crippen molar-refractivity contribution in [3.8, 4) is 5.75 Å². The molecule has 2 aromatic heterocycles. The zero-order valence-corrected chi connectivity index (χ0v) is 15.5. The average Bonchev–Trinajstić information content (AvgIpc) is 3.18. The molecule has 3 aromatic rings. The number of aromatic nitrogens is 2. The van der Waals surface area contributed by atoms with Gasteiger partial charge in [-0.25, -0.2) is 0 Å². The largest absolute Gasteiger partial charge is 0.485 e. The van der Waals surface area contributed by atoms with Crippen molar-refractivity contribution in [2.24, 2.45) is 7.05 Å². The number of hydrogen-bond acceptors (Lipinski definition) is 4. The third-order valence-corrected chi connectivity index (χ3v) is 4.21. The second kappa shape index (κ2) is 7.47. The van der Waals surface area contributed by atoms with E-state index in [2.05, 4.69) is 10.4 Å². The van der Waals surface area contributed by atoms with E-state index in [9.17, 15) is 4.79 Å². The van der Waals surface area contributed by atoms with Gasteiger partial charge in [0.05, 0.1) is 5.69 Å². The molecule has 0 aliphatic heterocycles. The average molecular weight is 353 g/mol. The summed E-state index contributed by atoms with van der Waals surface area (Å²) in [5, 5.41) is 7.11. The van der Waals surface area contributed by atoms with Crippen LogP contribution in [-0.2, 0) is 20.2 Å². The van der Waals surface area contributed by atoms with Gasteiger partial charge in [-0.3, -0.25) is 9.48 Å². The van der Waals surface area contributed by atoms with Crippen LogP contribution in [0.2, 0.25) is 0 Å². The van der Waals surface area contributed by atoms with Gasteiger partial charge in [-0.2, -0.15) is 5.10 Å². The Kier molecular flexibility index (Phi) is 5.11. The maximum atomic E-state index is 12.3. The number of aryl methyl sites for hydroxylation is 4. The lowest BCUT2D eigenvalue weighted by atomic mass is 10.1. The van der Waals surface area contributed by atoms with Gasteiger partial charge in [0.25, 0.3) is 5.91 Å². The fraction of sp³-hybridized carbons (Fsp3) is 0.300. The number of carbonyl (C=O) groups is 1. The summed E-state index contributed by atoms with van der Waals surface area (Å²) in [6.07, 6.45) is 1.89. The highest BCUT2D eigenvalue weighted by Gasteiger charge is 2.13. The smallest absolute Gasteiger partial charge is 0.287 e. The molecule has 0 saturated heterocycles. The molecule has 0 atom stereocenters. The molecule has 0 bridgehead atoms. The standard InChI is InChI=1S/C20H23N3O3/c1-13-6-5-7-14(2)19(13)25-12-17-8-9-18(26-17)20(24)21-10-16-11-23(4)22-15(16)3/h5-9,11H,10,12H2,1-4H3,(H,21,24). The summed E-state index contributed by atoms with van der Waals surface area (Å²) in [5.41, 5.74) is 4.02. The molecule has 0 aliphatic rings. The molecule has 3 rings (SSSR count). The number of nitrogens with one attached hydrogen (secondary N) is 1. The molecule has 0 unspecified atom stereocenters. The fourth-order valence-corrected chi connectivity index (χ4v) is 2.83. The molecule has 0 aliphatic carbocycles. The van der Waals surface area contributed by atoms with E-state index in [4.69, 9.17) is 9.15 Å². The number of nitrogens with zero attached hydrogens (tertiary/aromatic N) is 2. The van der Waals surface area contributed by atoms with Gasteiger partial charge in [-0.1, -0.05) is 18.2 Å². The maximum absolute atomic E-state index is 12.3. The van der Waals surface area contributed by atoms with Crippen molar-refractivity contribution in [1.29, 1.82) is 0 Å². The third kappa shape index (κ3) is 3.96. The summed E-state index contributed by atoms with van der Waals surface area (Å²) in [4.78, 5) is 12.3. The first-order valence-electron chi connectivity index (χ1n) is 8.49. The lowest BCUT2D eigenvalue weighted by molar-refractivity contribution is 0.0919. The van der Waals surface area contributed by atoms with Crippen molar-refractivity contribution in [3.05, 3.63) is 70.4 Å². The second-order valence-corrected chi connectivity index (χ2v) is 6.37. The minimum atomic E-state index is -0.258. The van der Waals surface area contributed by atoms with Crippen molar-refractivity contribution in [2.45, 2.75) is 33.9 Å². The number of amides is 1. The zero-order valence-electron chi connectivity index (χ0n) is 15.5. The van der Waals surface area contributed by atoms with Crippen LogP contribution in [0.3, 0.4) is 0 Å². The molecule has 0 spiro atoms. The number of para-hydroxylation sites is 1. The second-order valence-electron chi connectivity index (χ2n) is 6.37. The molecule has 1 N–H and O–H groups in total. The lowest BCUT2D eigenvalue weighted by Gasteiger charge is -2.10. The normalized spacial score (nSPS) is 10.8. The Hall–Kier alpha value is -3.02. The van der Waals surface area contributed by atoms with Crippen LogP contribution in [0.4, 0.5) is 0 Å². The quantitative estimate of drug-likeness (QED) is 0.737. The van der Waals surface area contributed by atoms with Crippen LogP contribution in [0.5, 0.6) is 5.75 Å². The Morgan fingerprint density at radius 1 is 1.19 bits per heavy atom. The molecule has 0 radical (unpaired) electrons. The van der Waals surface area contributed by atoms with Gasteiger partial charge in [0.1, 0.15) is 18.1 Å². The number of rotatable bonds is 6. The summed E-state index contributed by atoms with van der Waals surface area (Å²) >= 11 is 0. The highest BCUT2D eigenvalue weighted by atomic mass is 16.5. The summed E-state index contributed by atoms with van der Waals surface area (Å²) in [6.45, 7) is 6.61. The van der Waals surface area contributed by atoms with Gasteiger partial charge in [0, 0.05) is 25.4 Å². The highest BCUT2D eigenvalue weighted by Crippen LogP contribution is 2.23. The summed E-state index contributed by atoms with van der Waals surface area (Å²) in [6, 6.07) is 9.43. The molecule has 2 heterocycles. The summed E-state index contributed by atoms with van der Waals surface area (Å²) < 4.78 is 13.2. The molecule has 6 heteroatoms. The predicted octanol–water partition coefficient (Wildman–Crippen LogP) is 3.45. The molecule has 1 amide bonds. The Morgan fingerprint density at radius 3 is 2.58 bits per heavy atom. The minimum absolute atomic E-state index is 0.258. The Morgan fingerprint density at radius 2 is 1.92 bits per heavy atom. The summed E-state index contributed by atoms with van der Waals surface area (Å²) in [7, 11) is 1.85. The minimum Gasteiger partial charge on any atom is -0.485 e. The predicted molar refractivity (Wildman–Crippen MR) is 98.1 cm³/mol. The zero-order chi connectivity index (χ0) is 18.7. The van der Waals surface area contributed by atoms with Crippen LogP contribution >= 0.6 is 0 Å². The van der Waals surface area contributed by atoms with Crippen LogP contribution in [0.1, 0.15) is 38.7 Å². The van der Waals surface area contributed by atoms with Gasteiger partial charge in [-0.15, -0.1) is 0 Å². The lowest BCUT2D eigenvalue weighted by Crippen LogP contribution is -2.22. The number of carbonyl (C=O) groups excluding carboxylic acids is 1. The van der Waals surface area contributed by atoms with Crippen molar-refractivity contribution in [1.82, 2.24) is 15.1 Å². The van der Waals surface area contributed by atoms with Gasteiger partial charge in [-0.05, 0) is 44.0 Å². The maximum Gasteiger partial charge on any atom is 0.287 e. The van der Waals surface area contributed by atoms with Crippen molar-refractivity contribution in [2.75, 3.05) is 0 Å². The van der Waals surface area contributed by atoms with E-state index in [0.717, 1.165) is 28.1 Å². The molecular weight excluding hydrogens is 330 g/mol. The first-order valence-corrected chi connectivity index (χ1v) is 8.49. The van der Waals surface area contributed by atoms with E-state index < -0.39 is 0 Å². The van der Waals surface area contributed by atoms with Gasteiger partial charge in [0.15, 0.2) is 5.76 Å². The molecule has 6 nitrogen and oxygen atoms in total. The fourth-order valence-electron chi connectivity index (χ4n) is 2.83. The topological polar surface area (TPSA) is 69.3 Å². The van der Waals surface area contributed by atoms with Crippen LogP contribution in [0, 0.1) is 20.8 Å². The van der Waals surface area contributed by atoms with Gasteiger partial charge < -0.3 is 14.5 Å². The van der Waals surface area contributed by atoms with Crippen molar-refractivity contribution < 1.29 is 13.9 Å². The SMILES string of the molecule is Cc1cccc(C)c1OCc1ccc(C(=O)NCc2cn(C)nc2C)o1. The van der Waals surface area contributed by atoms with Crippen molar-refractivity contribution in [3.63, 3.8) is 0 Å². The molecule has 26 heavy (non-hydrogen) atoms. The third-order valence-electron chi connectivity index (χ3n) is 4.21. The Labute approximate surface area is 152 Å². The molecule has 136 valence electrons. The first kappa shape index (κ1) is 17.8. The first-order chi connectivity index (χ1) is 12.4. The molecule has 1 aromatic carbocycles. The van der Waals surface area contributed by atoms with Gasteiger partial charge >= 0.3 is 0 Å². The Balaban J connectivity index is 1.58. The molecular formula is C20H23N3O3. The van der Waals surface area contributed by atoms with E-state index in [0.29, 0.717) is 12.3 Å². The van der Waals surface area contributed by atoms with Crippen LogP contribution in [-0.4, -0.2) is 15.7 Å². The van der Waals surface area contributed by atoms with Crippen molar-refractivity contribution >= 4 is 5.91 Å². The number of furan rings is 1. The van der Waals surface area contributed by atoms with E-state index in [1.807, 2.05) is 52.2 Å². The van der Waals surface area contributed by atoms with E-state index >= 15 is 0 Å². The highest BCUT2D eigenvalue weighted by molar-refractivity contribution is 5.91. The van der Waals surface area contributed by atoms with E-state index in [1.54, 1.807) is 16.8 Å². The number of benzene rings is 1. The molecule has 0 fully saturated rings. The monoisotopic (exact) mass is 353 g/mol. The van der Waals surface area contributed by atoms with Crippen LogP contribution < -0.4 is 10.1 Å².